The zero-order valence-electron chi connectivity index (χ0n) is 10.8. The minimum absolute atomic E-state index is 0.169. The van der Waals surface area contributed by atoms with E-state index >= 15 is 0 Å². The maximum Gasteiger partial charge on any atom is 0.255 e. The number of benzene rings is 1. The van der Waals surface area contributed by atoms with Crippen molar-refractivity contribution in [1.82, 2.24) is 5.32 Å². The van der Waals surface area contributed by atoms with Crippen molar-refractivity contribution in [2.75, 3.05) is 13.7 Å². The Morgan fingerprint density at radius 3 is 2.65 bits per heavy atom. The van der Waals surface area contributed by atoms with Gasteiger partial charge in [-0.15, -0.1) is 0 Å². The third kappa shape index (κ3) is 3.46. The quantitative estimate of drug-likeness (QED) is 0.832. The van der Waals surface area contributed by atoms with Gasteiger partial charge in [0.25, 0.3) is 5.91 Å². The number of carbonyl (C=O) groups is 1. The number of nitrogens with one attached hydrogen (secondary N) is 1. The Morgan fingerprint density at radius 2 is 2.12 bits per heavy atom. The van der Waals surface area contributed by atoms with Gasteiger partial charge in [-0.05, 0) is 38.5 Å². The number of nitrogens with two attached hydrogens (primary N) is 1. The van der Waals surface area contributed by atoms with E-state index in [-0.39, 0.29) is 5.91 Å². The molecule has 1 rings (SSSR count). The van der Waals surface area contributed by atoms with Gasteiger partial charge in [-0.3, -0.25) is 4.79 Å². The molecule has 1 aromatic carbocycles. The van der Waals surface area contributed by atoms with E-state index in [9.17, 15) is 4.79 Å². The summed E-state index contributed by atoms with van der Waals surface area (Å²) in [4.78, 5) is 12.1. The number of methoxy groups -OCH3 is 1. The van der Waals surface area contributed by atoms with Crippen molar-refractivity contribution < 1.29 is 9.53 Å². The minimum Gasteiger partial charge on any atom is -0.496 e. The van der Waals surface area contributed by atoms with E-state index < -0.39 is 5.54 Å². The Morgan fingerprint density at radius 1 is 1.47 bits per heavy atom. The number of rotatable bonds is 4. The lowest BCUT2D eigenvalue weighted by Crippen LogP contribution is -2.48. The first-order valence-corrected chi connectivity index (χ1v) is 5.57. The van der Waals surface area contributed by atoms with Crippen molar-refractivity contribution in [3.05, 3.63) is 29.3 Å². The largest absolute Gasteiger partial charge is 0.496 e. The molecular weight excluding hydrogens is 216 g/mol. The van der Waals surface area contributed by atoms with Crippen LogP contribution in [0.2, 0.25) is 0 Å². The van der Waals surface area contributed by atoms with Crippen LogP contribution in [0.4, 0.5) is 0 Å². The topological polar surface area (TPSA) is 64.3 Å². The first-order chi connectivity index (χ1) is 7.89. The summed E-state index contributed by atoms with van der Waals surface area (Å²) in [5.41, 5.74) is 6.74. The lowest BCUT2D eigenvalue weighted by Gasteiger charge is -2.24. The van der Waals surface area contributed by atoms with Crippen molar-refractivity contribution in [3.8, 4) is 5.75 Å². The van der Waals surface area contributed by atoms with E-state index in [0.29, 0.717) is 17.9 Å². The molecule has 0 aliphatic heterocycles. The Hall–Kier alpha value is -1.55. The third-order valence-electron chi connectivity index (χ3n) is 2.56. The van der Waals surface area contributed by atoms with E-state index in [1.54, 1.807) is 13.2 Å². The number of hydrogen-bond acceptors (Lipinski definition) is 3. The van der Waals surface area contributed by atoms with Crippen LogP contribution in [0.5, 0.6) is 5.75 Å². The number of amides is 1. The first-order valence-electron chi connectivity index (χ1n) is 5.57. The molecular formula is C13H20N2O2. The van der Waals surface area contributed by atoms with Gasteiger partial charge < -0.3 is 15.8 Å². The molecule has 0 unspecified atom stereocenters. The van der Waals surface area contributed by atoms with Gasteiger partial charge >= 0.3 is 0 Å². The van der Waals surface area contributed by atoms with E-state index in [1.165, 1.54) is 0 Å². The minimum atomic E-state index is -0.424. The van der Waals surface area contributed by atoms with Crippen LogP contribution in [-0.2, 0) is 0 Å². The van der Waals surface area contributed by atoms with Gasteiger partial charge in [0.05, 0.1) is 12.7 Å². The second kappa shape index (κ2) is 5.19. The molecule has 0 radical (unpaired) electrons. The van der Waals surface area contributed by atoms with Crippen molar-refractivity contribution in [3.63, 3.8) is 0 Å². The zero-order valence-corrected chi connectivity index (χ0v) is 10.8. The standard InChI is InChI=1S/C13H20N2O2/c1-9-5-6-10(11(7-9)17-4)12(16)15-13(2,3)8-14/h5-7H,8,14H2,1-4H3,(H,15,16). The van der Waals surface area contributed by atoms with E-state index in [1.807, 2.05) is 32.9 Å². The van der Waals surface area contributed by atoms with Gasteiger partial charge in [-0.2, -0.15) is 0 Å². The van der Waals surface area contributed by atoms with Crippen LogP contribution in [0.1, 0.15) is 29.8 Å². The van der Waals surface area contributed by atoms with Gasteiger partial charge in [0.1, 0.15) is 5.75 Å². The van der Waals surface area contributed by atoms with Crippen LogP contribution >= 0.6 is 0 Å². The first kappa shape index (κ1) is 13.5. The monoisotopic (exact) mass is 236 g/mol. The average Bonchev–Trinajstić information content (AvgIpc) is 2.28. The molecule has 0 heterocycles. The van der Waals surface area contributed by atoms with E-state index in [2.05, 4.69) is 5.32 Å². The molecule has 3 N–H and O–H groups in total. The van der Waals surface area contributed by atoms with Crippen LogP contribution in [-0.4, -0.2) is 25.1 Å². The lowest BCUT2D eigenvalue weighted by molar-refractivity contribution is 0.0912. The molecule has 1 amide bonds. The highest BCUT2D eigenvalue weighted by Gasteiger charge is 2.21. The van der Waals surface area contributed by atoms with Gasteiger partial charge in [-0.1, -0.05) is 6.07 Å². The van der Waals surface area contributed by atoms with Gasteiger partial charge in [0, 0.05) is 12.1 Å². The molecule has 4 nitrogen and oxygen atoms in total. The van der Waals surface area contributed by atoms with Crippen molar-refractivity contribution in [1.29, 1.82) is 0 Å². The Kier molecular flexibility index (Phi) is 4.12. The highest BCUT2D eigenvalue weighted by atomic mass is 16.5. The van der Waals surface area contributed by atoms with E-state index in [4.69, 9.17) is 10.5 Å². The molecule has 94 valence electrons. The molecule has 0 saturated heterocycles. The SMILES string of the molecule is COc1cc(C)ccc1C(=O)NC(C)(C)CN. The highest BCUT2D eigenvalue weighted by Crippen LogP contribution is 2.20. The molecule has 0 atom stereocenters. The zero-order chi connectivity index (χ0) is 13.1. The maximum atomic E-state index is 12.1. The van der Waals surface area contributed by atoms with Crippen LogP contribution < -0.4 is 15.8 Å². The van der Waals surface area contributed by atoms with Gasteiger partial charge in [0.15, 0.2) is 0 Å². The van der Waals surface area contributed by atoms with Crippen molar-refractivity contribution in [2.24, 2.45) is 5.73 Å². The Labute approximate surface area is 102 Å². The van der Waals surface area contributed by atoms with Crippen LogP contribution in [0.25, 0.3) is 0 Å². The van der Waals surface area contributed by atoms with Crippen LogP contribution in [0.15, 0.2) is 18.2 Å². The van der Waals surface area contributed by atoms with E-state index in [0.717, 1.165) is 5.56 Å². The highest BCUT2D eigenvalue weighted by molar-refractivity contribution is 5.97. The molecule has 4 heteroatoms. The summed E-state index contributed by atoms with van der Waals surface area (Å²) in [6.45, 7) is 6.10. The maximum absolute atomic E-state index is 12.1. The summed E-state index contributed by atoms with van der Waals surface area (Å²) in [5, 5.41) is 2.87. The fraction of sp³-hybridized carbons (Fsp3) is 0.462. The molecule has 0 fully saturated rings. The lowest BCUT2D eigenvalue weighted by atomic mass is 10.0. The number of aryl methyl sites for hydroxylation is 1. The third-order valence-corrected chi connectivity index (χ3v) is 2.56. The molecule has 0 saturated carbocycles. The molecule has 0 aromatic heterocycles. The Bertz CT molecular complexity index is 414. The second-order valence-corrected chi connectivity index (χ2v) is 4.75. The molecule has 17 heavy (non-hydrogen) atoms. The molecule has 1 aromatic rings. The molecule has 0 aliphatic carbocycles. The number of carbonyl (C=O) groups excluding carboxylic acids is 1. The number of ether oxygens (including phenoxy) is 1. The number of hydrogen-bond donors (Lipinski definition) is 2. The van der Waals surface area contributed by atoms with Gasteiger partial charge in [0.2, 0.25) is 0 Å². The normalized spacial score (nSPS) is 11.1. The Balaban J connectivity index is 2.96. The van der Waals surface area contributed by atoms with Crippen molar-refractivity contribution >= 4 is 5.91 Å². The van der Waals surface area contributed by atoms with Crippen LogP contribution in [0.3, 0.4) is 0 Å². The second-order valence-electron chi connectivity index (χ2n) is 4.75. The van der Waals surface area contributed by atoms with Crippen LogP contribution in [0, 0.1) is 6.92 Å². The fourth-order valence-electron chi connectivity index (χ4n) is 1.41. The summed E-state index contributed by atoms with van der Waals surface area (Å²) in [5.74, 6) is 0.410. The smallest absolute Gasteiger partial charge is 0.255 e. The van der Waals surface area contributed by atoms with Crippen molar-refractivity contribution in [2.45, 2.75) is 26.3 Å². The summed E-state index contributed by atoms with van der Waals surface area (Å²) >= 11 is 0. The summed E-state index contributed by atoms with van der Waals surface area (Å²) in [7, 11) is 1.56. The average molecular weight is 236 g/mol. The summed E-state index contributed by atoms with van der Waals surface area (Å²) in [6, 6.07) is 5.48. The fourth-order valence-corrected chi connectivity index (χ4v) is 1.41. The molecule has 0 bridgehead atoms. The molecule has 0 aliphatic rings. The molecule has 0 spiro atoms. The summed E-state index contributed by atoms with van der Waals surface area (Å²) < 4.78 is 5.20. The predicted octanol–water partition coefficient (Wildman–Crippen LogP) is 1.47. The van der Waals surface area contributed by atoms with Gasteiger partial charge in [-0.25, -0.2) is 0 Å². The summed E-state index contributed by atoms with van der Waals surface area (Å²) in [6.07, 6.45) is 0. The predicted molar refractivity (Wildman–Crippen MR) is 68.3 cm³/mol.